The van der Waals surface area contributed by atoms with Gasteiger partial charge in [-0.1, -0.05) is 41.5 Å². The van der Waals surface area contributed by atoms with Crippen LogP contribution in [-0.2, 0) is 4.74 Å². The molecule has 116 valence electrons. The van der Waals surface area contributed by atoms with Crippen LogP contribution < -0.4 is 5.32 Å². The molecule has 0 amide bonds. The van der Waals surface area contributed by atoms with Gasteiger partial charge in [0.15, 0.2) is 0 Å². The minimum Gasteiger partial charge on any atom is -0.412 e. The van der Waals surface area contributed by atoms with E-state index in [4.69, 9.17) is 4.74 Å². The van der Waals surface area contributed by atoms with Crippen molar-refractivity contribution < 1.29 is 10.2 Å². The topological polar surface area (TPSA) is 52.8 Å². The van der Waals surface area contributed by atoms with Gasteiger partial charge in [-0.05, 0) is 25.7 Å². The van der Waals surface area contributed by atoms with Crippen LogP contribution in [0.25, 0.3) is 0 Å². The lowest BCUT2D eigenvalue weighted by molar-refractivity contribution is 0.0776. The van der Waals surface area contributed by atoms with Gasteiger partial charge in [0.05, 0.1) is 0 Å². The Bertz CT molecular complexity index is 116. The van der Waals surface area contributed by atoms with E-state index in [1.54, 1.807) is 0 Å². The fourth-order valence-electron chi connectivity index (χ4n) is 1.45. The van der Waals surface area contributed by atoms with Gasteiger partial charge in [0.25, 0.3) is 0 Å². The van der Waals surface area contributed by atoms with Crippen molar-refractivity contribution >= 4 is 12.4 Å². The summed E-state index contributed by atoms with van der Waals surface area (Å²) in [6.07, 6.45) is 5.24. The maximum atomic E-state index is 5.26. The number of hydrogen-bond acceptors (Lipinski definition) is 2. The average Bonchev–Trinajstić information content (AvgIpc) is 3.22. The van der Waals surface area contributed by atoms with Gasteiger partial charge in [0.1, 0.15) is 0 Å². The van der Waals surface area contributed by atoms with E-state index in [1.165, 1.54) is 25.7 Å². The van der Waals surface area contributed by atoms with Gasteiger partial charge in [-0.2, -0.15) is 0 Å². The van der Waals surface area contributed by atoms with E-state index in [2.05, 4.69) is 5.32 Å². The van der Waals surface area contributed by atoms with E-state index in [-0.39, 0.29) is 17.9 Å². The molecule has 2 fully saturated rings. The zero-order chi connectivity index (χ0) is 12.8. The molecule has 4 heteroatoms. The van der Waals surface area contributed by atoms with Crippen LogP contribution in [0.4, 0.5) is 0 Å². The highest BCUT2D eigenvalue weighted by molar-refractivity contribution is 5.85. The van der Waals surface area contributed by atoms with Crippen molar-refractivity contribution in [1.29, 1.82) is 0 Å². The predicted molar refractivity (Wildman–Crippen MR) is 84.9 cm³/mol. The maximum absolute atomic E-state index is 5.26. The van der Waals surface area contributed by atoms with Crippen LogP contribution in [0.3, 0.4) is 0 Å². The van der Waals surface area contributed by atoms with E-state index in [0.29, 0.717) is 0 Å². The summed E-state index contributed by atoms with van der Waals surface area (Å²) < 4.78 is 5.26. The van der Waals surface area contributed by atoms with E-state index >= 15 is 0 Å². The number of halogens is 1. The lowest BCUT2D eigenvalue weighted by atomic mass is 10.1. The van der Waals surface area contributed by atoms with Crippen molar-refractivity contribution in [3.63, 3.8) is 0 Å². The molecule has 18 heavy (non-hydrogen) atoms. The zero-order valence-electron chi connectivity index (χ0n) is 13.2. The molecule has 1 heterocycles. The highest BCUT2D eigenvalue weighted by Gasteiger charge is 2.25. The fraction of sp³-hybridized carbons (Fsp3) is 1.00. The summed E-state index contributed by atoms with van der Waals surface area (Å²) in [5, 5.41) is 3.61. The lowest BCUT2D eigenvalue weighted by Gasteiger charge is -2.22. The third-order valence-corrected chi connectivity index (χ3v) is 2.27. The second kappa shape index (κ2) is 22.4. The maximum Gasteiger partial charge on any atom is 0.0480 e. The van der Waals surface area contributed by atoms with Crippen molar-refractivity contribution in [1.82, 2.24) is 5.32 Å². The molecule has 0 unspecified atom stereocenters. The van der Waals surface area contributed by atoms with Crippen LogP contribution in [-0.4, -0.2) is 30.8 Å². The van der Waals surface area contributed by atoms with E-state index in [9.17, 15) is 0 Å². The molecule has 2 rings (SSSR count). The predicted octanol–water partition coefficient (Wildman–Crippen LogP) is 3.59. The molecule has 1 aliphatic heterocycles. The minimum absolute atomic E-state index is 0. The van der Waals surface area contributed by atoms with Crippen molar-refractivity contribution in [3.8, 4) is 0 Å². The zero-order valence-corrected chi connectivity index (χ0v) is 14.0. The van der Waals surface area contributed by atoms with Gasteiger partial charge >= 0.3 is 0 Å². The second-order valence-electron chi connectivity index (χ2n) is 3.33. The van der Waals surface area contributed by atoms with Crippen LogP contribution in [0.1, 0.15) is 67.2 Å². The van der Waals surface area contributed by atoms with Crippen LogP contribution in [0.15, 0.2) is 0 Å². The van der Waals surface area contributed by atoms with Crippen LogP contribution >= 0.6 is 12.4 Å². The first kappa shape index (κ1) is 26.7. The fourth-order valence-corrected chi connectivity index (χ4v) is 1.45. The summed E-state index contributed by atoms with van der Waals surface area (Å²) >= 11 is 0. The largest absolute Gasteiger partial charge is 0.412 e. The van der Waals surface area contributed by atoms with Crippen LogP contribution in [0, 0.1) is 0 Å². The van der Waals surface area contributed by atoms with Gasteiger partial charge < -0.3 is 15.5 Å². The first-order chi connectivity index (χ1) is 7.95. The minimum atomic E-state index is 0. The van der Waals surface area contributed by atoms with Gasteiger partial charge in [0, 0.05) is 25.3 Å². The molecule has 0 aromatic carbocycles. The Balaban J connectivity index is -0.000000109. The van der Waals surface area contributed by atoms with Crippen molar-refractivity contribution in [3.05, 3.63) is 0 Å². The highest BCUT2D eigenvalue weighted by atomic mass is 35.5. The first-order valence-corrected chi connectivity index (χ1v) is 7.29. The van der Waals surface area contributed by atoms with Gasteiger partial charge in [-0.25, -0.2) is 0 Å². The standard InChI is InChI=1S/C8H15NO.3C2H6.ClH.H2O/c1-2-7(1)9-8-3-5-10-6-4-8;3*1-2;;/h7-9H,1-6H2;3*1-2H3;1H;1H2. The monoisotopic (exact) mass is 285 g/mol. The van der Waals surface area contributed by atoms with E-state index < -0.39 is 0 Å². The molecule has 1 saturated heterocycles. The third-order valence-electron chi connectivity index (χ3n) is 2.27. The number of rotatable bonds is 2. The summed E-state index contributed by atoms with van der Waals surface area (Å²) in [5.74, 6) is 0. The Labute approximate surface area is 121 Å². The molecule has 0 atom stereocenters. The Morgan fingerprint density at radius 3 is 1.39 bits per heavy atom. The van der Waals surface area contributed by atoms with Crippen LogP contribution in [0.2, 0.25) is 0 Å². The summed E-state index contributed by atoms with van der Waals surface area (Å²) in [6, 6.07) is 1.63. The first-order valence-electron chi connectivity index (χ1n) is 7.29. The second-order valence-corrected chi connectivity index (χ2v) is 3.33. The SMILES string of the molecule is C1CC(NC2CC2)CCO1.CC.CC.CC.Cl.O. The third kappa shape index (κ3) is 16.2. The molecule has 0 bridgehead atoms. The smallest absolute Gasteiger partial charge is 0.0480 e. The summed E-state index contributed by atoms with van der Waals surface area (Å²) in [4.78, 5) is 0. The molecule has 3 nitrogen and oxygen atoms in total. The Morgan fingerprint density at radius 1 is 0.722 bits per heavy atom. The van der Waals surface area contributed by atoms with Crippen molar-refractivity contribution in [2.75, 3.05) is 13.2 Å². The Morgan fingerprint density at radius 2 is 1.06 bits per heavy atom. The summed E-state index contributed by atoms with van der Waals surface area (Å²) in [6.45, 7) is 13.9. The van der Waals surface area contributed by atoms with Gasteiger partial charge in [-0.3, -0.25) is 0 Å². The van der Waals surface area contributed by atoms with Crippen LogP contribution in [0.5, 0.6) is 0 Å². The number of nitrogens with one attached hydrogen (secondary N) is 1. The molecular formula is C14H36ClNO2. The highest BCUT2D eigenvalue weighted by Crippen LogP contribution is 2.21. The molecule has 1 aliphatic carbocycles. The quantitative estimate of drug-likeness (QED) is 0.843. The molecule has 0 spiro atoms. The van der Waals surface area contributed by atoms with E-state index in [1.807, 2.05) is 41.5 Å². The van der Waals surface area contributed by atoms with Gasteiger partial charge in [-0.15, -0.1) is 12.4 Å². The number of hydrogen-bond donors (Lipinski definition) is 1. The summed E-state index contributed by atoms with van der Waals surface area (Å²) in [7, 11) is 0. The molecule has 0 radical (unpaired) electrons. The molecular weight excluding hydrogens is 250 g/mol. The Hall–Kier alpha value is 0.170. The molecule has 0 aromatic rings. The Kier molecular flexibility index (Phi) is 33.1. The van der Waals surface area contributed by atoms with Crippen molar-refractivity contribution in [2.24, 2.45) is 0 Å². The molecule has 0 aromatic heterocycles. The van der Waals surface area contributed by atoms with Gasteiger partial charge in [0.2, 0.25) is 0 Å². The normalized spacial score (nSPS) is 17.0. The lowest BCUT2D eigenvalue weighted by Crippen LogP contribution is -2.35. The molecule has 2 aliphatic rings. The van der Waals surface area contributed by atoms with E-state index in [0.717, 1.165) is 25.3 Å². The molecule has 1 saturated carbocycles. The summed E-state index contributed by atoms with van der Waals surface area (Å²) in [5.41, 5.74) is 0. The van der Waals surface area contributed by atoms with Crippen molar-refractivity contribution in [2.45, 2.75) is 79.3 Å². The molecule has 3 N–H and O–H groups in total. The average molecular weight is 286 g/mol. The number of ether oxygens (including phenoxy) is 1.